The van der Waals surface area contributed by atoms with Gasteiger partial charge in [0.05, 0.1) is 48.8 Å². The molecule has 4 heterocycles. The highest BCUT2D eigenvalue weighted by molar-refractivity contribution is 6.06. The molecular weight excluding hydrogens is 721 g/mol. The first-order chi connectivity index (χ1) is 27.8. The number of fused-ring (bicyclic) bond motifs is 4. The molecule has 4 aliphatic rings. The Balaban J connectivity index is 0.897. The number of hydrogen-bond donors (Lipinski definition) is 1. The molecular formula is C46H38N4O7. The first-order valence-corrected chi connectivity index (χ1v) is 18.6. The minimum absolute atomic E-state index is 0.0370. The molecule has 0 saturated heterocycles. The smallest absolute Gasteiger partial charge is 0.260 e. The highest BCUT2D eigenvalue weighted by Gasteiger charge is 2.35. The van der Waals surface area contributed by atoms with Gasteiger partial charge in [-0.25, -0.2) is 0 Å². The number of phenolic OH excluding ortho intramolecular Hbond substituents is 1. The number of aromatic hydroxyl groups is 1. The maximum absolute atomic E-state index is 13.8. The third kappa shape index (κ3) is 6.88. The Labute approximate surface area is 329 Å². The minimum Gasteiger partial charge on any atom is -0.508 e. The topological polar surface area (TPSA) is 122 Å². The largest absolute Gasteiger partial charge is 0.508 e. The number of aliphatic imine (C=N–C) groups is 2. The summed E-state index contributed by atoms with van der Waals surface area (Å²) in [5, 5.41) is 10.7. The van der Waals surface area contributed by atoms with Gasteiger partial charge >= 0.3 is 0 Å². The van der Waals surface area contributed by atoms with Gasteiger partial charge in [-0.15, -0.1) is 0 Å². The van der Waals surface area contributed by atoms with E-state index in [1.165, 1.54) is 14.2 Å². The normalized spacial score (nSPS) is 17.8. The second kappa shape index (κ2) is 14.8. The molecule has 11 nitrogen and oxygen atoms in total. The zero-order valence-corrected chi connectivity index (χ0v) is 31.3. The summed E-state index contributed by atoms with van der Waals surface area (Å²) < 4.78 is 23.8. The van der Waals surface area contributed by atoms with E-state index in [9.17, 15) is 14.7 Å². The lowest BCUT2D eigenvalue weighted by Crippen LogP contribution is -2.32. The van der Waals surface area contributed by atoms with Gasteiger partial charge in [0.1, 0.15) is 19.0 Å². The molecule has 0 aliphatic carbocycles. The van der Waals surface area contributed by atoms with Gasteiger partial charge in [0.25, 0.3) is 11.8 Å². The van der Waals surface area contributed by atoms with Gasteiger partial charge in [0.15, 0.2) is 23.0 Å². The number of carbonyl (C=O) groups excluding carboxylic acids is 2. The van der Waals surface area contributed by atoms with E-state index in [-0.39, 0.29) is 42.9 Å². The van der Waals surface area contributed by atoms with Crippen molar-refractivity contribution in [2.75, 3.05) is 14.2 Å². The molecule has 0 spiro atoms. The number of benzene rings is 5. The zero-order chi connectivity index (χ0) is 39.0. The molecule has 0 saturated carbocycles. The van der Waals surface area contributed by atoms with Crippen LogP contribution in [0.5, 0.6) is 28.7 Å². The van der Waals surface area contributed by atoms with E-state index in [2.05, 4.69) is 0 Å². The lowest BCUT2D eigenvalue weighted by Gasteiger charge is -2.19. The second-order valence-corrected chi connectivity index (χ2v) is 14.2. The van der Waals surface area contributed by atoms with E-state index in [4.69, 9.17) is 28.9 Å². The summed E-state index contributed by atoms with van der Waals surface area (Å²) in [4.78, 5) is 40.4. The van der Waals surface area contributed by atoms with Crippen molar-refractivity contribution >= 4 is 46.8 Å². The predicted octanol–water partition coefficient (Wildman–Crippen LogP) is 8.51. The van der Waals surface area contributed by atoms with Crippen molar-refractivity contribution in [3.63, 3.8) is 0 Å². The van der Waals surface area contributed by atoms with Crippen molar-refractivity contribution in [3.05, 3.63) is 149 Å². The molecule has 9 rings (SSSR count). The summed E-state index contributed by atoms with van der Waals surface area (Å²) in [5.74, 6) is 1.28. The Hall–Kier alpha value is -7.14. The number of methoxy groups -OCH3 is 2. The van der Waals surface area contributed by atoms with Crippen molar-refractivity contribution in [1.82, 2.24) is 9.80 Å². The predicted molar refractivity (Wildman–Crippen MR) is 217 cm³/mol. The number of nitrogens with zero attached hydrogens (tertiary/aromatic N) is 4. The van der Waals surface area contributed by atoms with Crippen LogP contribution < -0.4 is 18.9 Å². The van der Waals surface area contributed by atoms with Gasteiger partial charge in [-0.05, 0) is 63.7 Å². The number of hydrogen-bond acceptors (Lipinski definition) is 9. The molecule has 0 fully saturated rings. The third-order valence-corrected chi connectivity index (χ3v) is 10.5. The van der Waals surface area contributed by atoms with Gasteiger partial charge in [-0.2, -0.15) is 0 Å². The molecule has 57 heavy (non-hydrogen) atoms. The summed E-state index contributed by atoms with van der Waals surface area (Å²) in [6.45, 7) is 0.173. The maximum Gasteiger partial charge on any atom is 0.260 e. The molecule has 0 aromatic heterocycles. The van der Waals surface area contributed by atoms with E-state index >= 15 is 0 Å². The fraction of sp³-hybridized carbons (Fsp3) is 0.174. The van der Waals surface area contributed by atoms with Crippen molar-refractivity contribution in [2.45, 2.75) is 38.1 Å². The van der Waals surface area contributed by atoms with Crippen molar-refractivity contribution in [3.8, 4) is 28.7 Å². The summed E-state index contributed by atoms with van der Waals surface area (Å²) in [5.41, 5.74) is 7.46. The van der Waals surface area contributed by atoms with Crippen LogP contribution in [0.1, 0.15) is 55.8 Å². The molecule has 11 heteroatoms. The summed E-state index contributed by atoms with van der Waals surface area (Å²) in [6.07, 6.45) is 8.75. The molecule has 1 N–H and O–H groups in total. The third-order valence-electron chi connectivity index (χ3n) is 10.5. The minimum atomic E-state index is -0.201. The van der Waals surface area contributed by atoms with Crippen LogP contribution >= 0.6 is 0 Å². The Morgan fingerprint density at radius 2 is 1.04 bits per heavy atom. The van der Waals surface area contributed by atoms with E-state index in [1.807, 2.05) is 79.1 Å². The van der Waals surface area contributed by atoms with Crippen LogP contribution in [0.3, 0.4) is 0 Å². The van der Waals surface area contributed by atoms with Crippen molar-refractivity contribution in [1.29, 1.82) is 0 Å². The molecule has 4 aliphatic heterocycles. The Morgan fingerprint density at radius 3 is 1.46 bits per heavy atom. The Kier molecular flexibility index (Phi) is 9.25. The molecule has 5 aromatic carbocycles. The summed E-state index contributed by atoms with van der Waals surface area (Å²) in [7, 11) is 3.05. The summed E-state index contributed by atoms with van der Waals surface area (Å²) in [6, 6.07) is 31.5. The van der Waals surface area contributed by atoms with Crippen LogP contribution in [0.15, 0.2) is 126 Å². The first-order valence-electron chi connectivity index (χ1n) is 18.6. The van der Waals surface area contributed by atoms with E-state index in [1.54, 1.807) is 58.6 Å². The molecule has 284 valence electrons. The van der Waals surface area contributed by atoms with Crippen LogP contribution in [-0.4, -0.2) is 65.5 Å². The number of ether oxygens (including phenoxy) is 4. The number of amides is 2. The molecule has 0 radical (unpaired) electrons. The average Bonchev–Trinajstić information content (AvgIpc) is 3.82. The number of phenols is 1. The fourth-order valence-electron chi connectivity index (χ4n) is 7.68. The van der Waals surface area contributed by atoms with Gasteiger partial charge in [-0.3, -0.25) is 19.6 Å². The van der Waals surface area contributed by atoms with E-state index < -0.39 is 0 Å². The van der Waals surface area contributed by atoms with Crippen LogP contribution in [-0.2, 0) is 13.2 Å². The van der Waals surface area contributed by atoms with Crippen LogP contribution in [0.2, 0.25) is 0 Å². The fourth-order valence-corrected chi connectivity index (χ4v) is 7.68. The first kappa shape index (κ1) is 35.6. The van der Waals surface area contributed by atoms with Crippen LogP contribution in [0.25, 0.3) is 11.1 Å². The zero-order valence-electron chi connectivity index (χ0n) is 31.3. The summed E-state index contributed by atoms with van der Waals surface area (Å²) >= 11 is 0. The lowest BCUT2D eigenvalue weighted by atomic mass is 10.0. The van der Waals surface area contributed by atoms with Crippen LogP contribution in [0, 0.1) is 0 Å². The Morgan fingerprint density at radius 1 is 0.596 bits per heavy atom. The molecule has 2 amide bonds. The maximum atomic E-state index is 13.8. The van der Waals surface area contributed by atoms with E-state index in [0.717, 1.165) is 22.3 Å². The average molecular weight is 759 g/mol. The molecule has 5 aromatic rings. The SMILES string of the molecule is COc1cc2c(cc1OCc1cc(O)cc(COc3cc4c(cc3OC)C(=O)N3C=C(c5ccccc5)C[C@@H]3C=N4)c1)N=C[C@@H]1CC(c3ccccc3)=CN1C2=O. The monoisotopic (exact) mass is 758 g/mol. The molecule has 0 bridgehead atoms. The van der Waals surface area contributed by atoms with Crippen molar-refractivity contribution < 1.29 is 33.6 Å². The standard InChI is InChI=1S/C46H38N4O7/c1-54-41-18-37-39(47-22-34-16-32(24-49(34)45(37)52)30-9-5-3-6-10-30)20-43(41)56-26-28-13-29(15-36(51)14-28)27-57-44-21-40-38(19-42(44)55-2)46(53)50-25-33(17-35(50)23-48-40)31-11-7-4-8-12-31/h3-15,18-25,34-35,51H,16-17,26-27H2,1-2H3/t34-,35+. The van der Waals surface area contributed by atoms with Gasteiger partial charge in [0, 0.05) is 49.8 Å². The molecule has 2 atom stereocenters. The van der Waals surface area contributed by atoms with Crippen LogP contribution in [0.4, 0.5) is 11.4 Å². The quantitative estimate of drug-likeness (QED) is 0.152. The Bertz CT molecular complexity index is 2360. The lowest BCUT2D eigenvalue weighted by molar-refractivity contribution is 0.0809. The van der Waals surface area contributed by atoms with Gasteiger partial charge in [-0.1, -0.05) is 60.7 Å². The number of carbonyl (C=O) groups is 2. The molecule has 0 unspecified atom stereocenters. The highest BCUT2D eigenvalue weighted by atomic mass is 16.5. The van der Waals surface area contributed by atoms with Gasteiger partial charge in [0.2, 0.25) is 0 Å². The number of rotatable bonds is 10. The van der Waals surface area contributed by atoms with Gasteiger partial charge < -0.3 is 33.9 Å². The highest BCUT2D eigenvalue weighted by Crippen LogP contribution is 2.42. The van der Waals surface area contributed by atoms with E-state index in [0.29, 0.717) is 69.5 Å². The second-order valence-electron chi connectivity index (χ2n) is 14.2. The van der Waals surface area contributed by atoms with Crippen molar-refractivity contribution in [2.24, 2.45) is 9.98 Å².